The van der Waals surface area contributed by atoms with E-state index >= 15 is 0 Å². The molecule has 0 N–H and O–H groups in total. The molecule has 4 aromatic rings. The van der Waals surface area contributed by atoms with Crippen LogP contribution >= 0.6 is 46.4 Å². The van der Waals surface area contributed by atoms with Gasteiger partial charge in [0.2, 0.25) is 0 Å². The second-order valence-electron chi connectivity index (χ2n) is 18.8. The summed E-state index contributed by atoms with van der Waals surface area (Å²) < 4.78 is 62.3. The first-order valence-electron chi connectivity index (χ1n) is 20.0. The highest BCUT2D eigenvalue weighted by molar-refractivity contribution is 7.06. The maximum Gasteiger partial charge on any atom is 0.512 e. The molecule has 1 aliphatic rings. The molecule has 0 amide bonds. The smallest absolute Gasteiger partial charge is 0.413 e. The molecule has 1 saturated heterocycles. The Morgan fingerprint density at radius 3 is 0.583 bits per heavy atom. The van der Waals surface area contributed by atoms with Crippen LogP contribution in [0.5, 0.6) is 0 Å². The summed E-state index contributed by atoms with van der Waals surface area (Å²) in [4.78, 5) is 0. The lowest BCUT2D eigenvalue weighted by Crippen LogP contribution is -2.84. The van der Waals surface area contributed by atoms with E-state index in [4.69, 9.17) is 79.3 Å². The lowest BCUT2D eigenvalue weighted by atomic mass is 10.2. The van der Waals surface area contributed by atoms with Crippen LogP contribution in [0.4, 0.5) is 0 Å². The number of hydrogen-bond donors (Lipinski definition) is 0. The van der Waals surface area contributed by atoms with Crippen molar-refractivity contribution in [1.29, 1.82) is 0 Å². The van der Waals surface area contributed by atoms with Crippen LogP contribution in [0.15, 0.2) is 97.1 Å². The van der Waals surface area contributed by atoms with E-state index < -0.39 is 68.5 Å². The van der Waals surface area contributed by atoms with Crippen molar-refractivity contribution in [3.63, 3.8) is 0 Å². The average Bonchev–Trinajstić information content (AvgIpc) is 3.14. The highest BCUT2D eigenvalue weighted by Gasteiger charge is 2.72. The van der Waals surface area contributed by atoms with Gasteiger partial charge in [-0.05, 0) is 101 Å². The van der Waals surface area contributed by atoms with Gasteiger partial charge >= 0.3 is 35.2 Å². The fraction of sp³-hybridized carbons (Fsp3) is 0.400. The van der Waals surface area contributed by atoms with Crippen molar-refractivity contribution in [3.05, 3.63) is 119 Å². The molecule has 8 nitrogen and oxygen atoms in total. The van der Waals surface area contributed by atoms with Crippen LogP contribution in [-0.4, -0.2) is 68.5 Å². The normalized spacial score (nSPS) is 24.5. The number of rotatable bonds is 16. The minimum atomic E-state index is -4.33. The molecule has 0 aromatic heterocycles. The van der Waals surface area contributed by atoms with E-state index in [1.165, 1.54) is 0 Å². The molecule has 328 valence electrons. The maximum absolute atomic E-state index is 8.02. The molecular weight excluding hydrogens is 975 g/mol. The maximum atomic E-state index is 8.02. The molecule has 60 heavy (non-hydrogen) atoms. The third-order valence-electron chi connectivity index (χ3n) is 8.68. The zero-order chi connectivity index (χ0) is 44.4. The zero-order valence-corrected chi connectivity index (χ0v) is 47.9. The van der Waals surface area contributed by atoms with Crippen molar-refractivity contribution < 1.29 is 32.9 Å². The van der Waals surface area contributed by atoms with Crippen LogP contribution in [0.25, 0.3) is 0 Å². The predicted octanol–water partition coefficient (Wildman–Crippen LogP) is 9.81. The van der Waals surface area contributed by atoms with Gasteiger partial charge in [0.25, 0.3) is 0 Å². The Balaban J connectivity index is 2.05. The Morgan fingerprint density at radius 2 is 0.467 bits per heavy atom. The van der Waals surface area contributed by atoms with Gasteiger partial charge in [-0.3, -0.25) is 0 Å². The number of halogens is 4. The van der Waals surface area contributed by atoms with Gasteiger partial charge in [0, 0.05) is 44.3 Å². The summed E-state index contributed by atoms with van der Waals surface area (Å²) in [5.41, 5.74) is 3.73. The second-order valence-corrected chi connectivity index (χ2v) is 50.1. The fourth-order valence-corrected chi connectivity index (χ4v) is 40.2. The molecule has 0 saturated carbocycles. The third-order valence-corrected chi connectivity index (χ3v) is 36.8. The molecule has 1 heterocycles. The molecule has 0 bridgehead atoms. The Morgan fingerprint density at radius 1 is 0.317 bits per heavy atom. The lowest BCUT2D eigenvalue weighted by molar-refractivity contribution is 0.104. The van der Waals surface area contributed by atoms with Gasteiger partial charge in [-0.15, -0.1) is 46.4 Å². The first-order valence-corrected chi connectivity index (χ1v) is 42.7. The molecule has 20 heteroatoms. The van der Waals surface area contributed by atoms with Crippen LogP contribution in [0, 0.1) is 0 Å². The molecule has 1 fully saturated rings. The van der Waals surface area contributed by atoms with E-state index in [-0.39, 0.29) is 0 Å². The van der Waals surface area contributed by atoms with Crippen LogP contribution < -0.4 is 20.7 Å². The molecule has 0 radical (unpaired) electrons. The van der Waals surface area contributed by atoms with E-state index in [1.807, 2.05) is 97.1 Å². The van der Waals surface area contributed by atoms with E-state index in [0.29, 0.717) is 44.3 Å². The number of benzene rings is 4. The summed E-state index contributed by atoms with van der Waals surface area (Å²) in [5, 5.41) is 2.83. The zero-order valence-electron chi connectivity index (χ0n) is 36.8. The van der Waals surface area contributed by atoms with Crippen molar-refractivity contribution in [2.75, 3.05) is 0 Å². The summed E-state index contributed by atoms with van der Waals surface area (Å²) in [6.07, 6.45) is 0. The summed E-state index contributed by atoms with van der Waals surface area (Å²) >= 11 is 25.6. The predicted molar refractivity (Wildman–Crippen MR) is 268 cm³/mol. The van der Waals surface area contributed by atoms with Crippen molar-refractivity contribution in [1.82, 2.24) is 0 Å². The SMILES string of the molecule is C[Si](C)(C)O[Si]1(c2ccc(CCl)cc2)O[Si](O[Si](C)(C)C)(c2ccc(CCl)cc2)O[Si](O[Si](C)(C)C)(c2ccc(CCl)cc2)O[Si](O[Si](C)(C)C)(c2ccc(CCl)cc2)O1. The summed E-state index contributed by atoms with van der Waals surface area (Å²) in [7, 11) is -27.8. The summed E-state index contributed by atoms with van der Waals surface area (Å²) in [6.45, 7) is 25.5. The molecule has 0 spiro atoms. The number of hydrogen-bond acceptors (Lipinski definition) is 8. The molecule has 5 rings (SSSR count). The quantitative estimate of drug-likeness (QED) is 0.0812. The van der Waals surface area contributed by atoms with Crippen molar-refractivity contribution >= 4 is 136 Å². The molecule has 0 unspecified atom stereocenters. The Bertz CT molecular complexity index is 1720. The summed E-state index contributed by atoms with van der Waals surface area (Å²) in [6, 6.07) is 31.8. The first kappa shape index (κ1) is 50.5. The van der Waals surface area contributed by atoms with Crippen molar-refractivity contribution in [3.8, 4) is 0 Å². The largest absolute Gasteiger partial charge is 0.512 e. The molecule has 1 aliphatic heterocycles. The first-order chi connectivity index (χ1) is 27.8. The summed E-state index contributed by atoms with van der Waals surface area (Å²) in [5.74, 6) is 1.32. The highest BCUT2D eigenvalue weighted by Crippen LogP contribution is 2.38. The molecule has 4 aromatic carbocycles. The van der Waals surface area contributed by atoms with E-state index in [9.17, 15) is 0 Å². The Hall–Kier alpha value is -0.545. The van der Waals surface area contributed by atoms with Gasteiger partial charge < -0.3 is 32.9 Å². The number of alkyl halides is 4. The second kappa shape index (κ2) is 19.5. The fourth-order valence-electron chi connectivity index (χ4n) is 6.47. The lowest BCUT2D eigenvalue weighted by Gasteiger charge is -2.53. The van der Waals surface area contributed by atoms with Crippen molar-refractivity contribution in [2.24, 2.45) is 0 Å². The monoisotopic (exact) mass is 1030 g/mol. The van der Waals surface area contributed by atoms with E-state index in [1.54, 1.807) is 0 Å². The Kier molecular flexibility index (Phi) is 16.4. The Labute approximate surface area is 387 Å². The van der Waals surface area contributed by atoms with Gasteiger partial charge in [0.1, 0.15) is 0 Å². The van der Waals surface area contributed by atoms with Gasteiger partial charge in [0.15, 0.2) is 33.3 Å². The minimum Gasteiger partial charge on any atom is -0.413 e. The average molecular weight is 1040 g/mol. The van der Waals surface area contributed by atoms with Gasteiger partial charge in [-0.2, -0.15) is 0 Å². The molecular formula is C40H60Cl4O8Si8. The van der Waals surface area contributed by atoms with Gasteiger partial charge in [0.05, 0.1) is 0 Å². The minimum absolute atomic E-state index is 0.330. The van der Waals surface area contributed by atoms with Crippen LogP contribution in [0.3, 0.4) is 0 Å². The topological polar surface area (TPSA) is 73.8 Å². The molecule has 0 atom stereocenters. The van der Waals surface area contributed by atoms with Gasteiger partial charge in [-0.25, -0.2) is 0 Å². The van der Waals surface area contributed by atoms with Crippen LogP contribution in [0.2, 0.25) is 78.6 Å². The van der Waals surface area contributed by atoms with Gasteiger partial charge in [-0.1, -0.05) is 97.1 Å². The van der Waals surface area contributed by atoms with Crippen molar-refractivity contribution in [2.45, 2.75) is 102 Å². The van der Waals surface area contributed by atoms with Crippen LogP contribution in [0.1, 0.15) is 22.3 Å². The van der Waals surface area contributed by atoms with E-state index in [0.717, 1.165) is 22.3 Å². The van der Waals surface area contributed by atoms with E-state index in [2.05, 4.69) is 78.6 Å². The highest BCUT2D eigenvalue weighted by atomic mass is 35.5. The molecule has 0 aliphatic carbocycles. The third kappa shape index (κ3) is 12.8. The van der Waals surface area contributed by atoms with Crippen LogP contribution in [-0.2, 0) is 56.4 Å². The standard InChI is InChI=1S/C40H60Cl4O8Si8/c1-53(2,3)45-57(37-21-13-33(29-41)14-22-37)49-58(46-54(4,5)6,38-23-15-34(30-42)16-24-38)51-60(48-56(10,11)12,40-27-19-36(32-44)20-28-40)52-59(50-57,47-55(7,8)9)39-25-17-35(31-43)18-26-39/h13-28H,29-32H2,1-12H3.